The molecule has 2 rings (SSSR count). The second-order valence-corrected chi connectivity index (χ2v) is 4.39. The van der Waals surface area contributed by atoms with Gasteiger partial charge in [0, 0.05) is 12.8 Å². The summed E-state index contributed by atoms with van der Waals surface area (Å²) >= 11 is 0. The van der Waals surface area contributed by atoms with Crippen LogP contribution in [0.3, 0.4) is 0 Å². The number of terminal acetylenes is 1. The first-order valence-electron chi connectivity index (χ1n) is 6.18. The van der Waals surface area contributed by atoms with Gasteiger partial charge in [-0.1, -0.05) is 30.3 Å². The van der Waals surface area contributed by atoms with Gasteiger partial charge >= 0.3 is 6.09 Å². The number of ether oxygens (including phenoxy) is 1. The van der Waals surface area contributed by atoms with Crippen LogP contribution in [0.15, 0.2) is 30.3 Å². The van der Waals surface area contributed by atoms with E-state index in [1.54, 1.807) is 0 Å². The Hall–Kier alpha value is -2.28. The highest BCUT2D eigenvalue weighted by molar-refractivity contribution is 5.93. The smallest absolute Gasteiger partial charge is 0.416 e. The largest absolute Gasteiger partial charge is 0.447 e. The molecular formula is C15H15NO3. The van der Waals surface area contributed by atoms with Crippen LogP contribution >= 0.6 is 0 Å². The van der Waals surface area contributed by atoms with E-state index in [-0.39, 0.29) is 25.0 Å². The molecule has 98 valence electrons. The molecule has 1 aromatic carbocycles. The first-order valence-corrected chi connectivity index (χ1v) is 6.18. The fourth-order valence-corrected chi connectivity index (χ4v) is 2.10. The third kappa shape index (κ3) is 3.14. The van der Waals surface area contributed by atoms with E-state index in [0.29, 0.717) is 12.8 Å². The van der Waals surface area contributed by atoms with E-state index in [2.05, 4.69) is 5.92 Å². The zero-order valence-corrected chi connectivity index (χ0v) is 10.5. The lowest BCUT2D eigenvalue weighted by Gasteiger charge is -2.19. The second-order valence-electron chi connectivity index (χ2n) is 4.39. The van der Waals surface area contributed by atoms with E-state index in [4.69, 9.17) is 11.2 Å². The lowest BCUT2D eigenvalue weighted by Crippen LogP contribution is -2.40. The highest BCUT2D eigenvalue weighted by Crippen LogP contribution is 2.18. The monoisotopic (exact) mass is 257 g/mol. The molecule has 0 aromatic heterocycles. The van der Waals surface area contributed by atoms with Crippen LogP contribution in [0.4, 0.5) is 4.79 Å². The number of carbonyl (C=O) groups is 2. The van der Waals surface area contributed by atoms with Crippen LogP contribution in [0, 0.1) is 12.3 Å². The number of benzene rings is 1. The van der Waals surface area contributed by atoms with Gasteiger partial charge in [-0.3, -0.25) is 4.79 Å². The quantitative estimate of drug-likeness (QED) is 0.775. The van der Waals surface area contributed by atoms with Crippen LogP contribution in [0.5, 0.6) is 0 Å². The molecule has 1 fully saturated rings. The summed E-state index contributed by atoms with van der Waals surface area (Å²) in [5.74, 6) is 2.14. The Labute approximate surface area is 112 Å². The molecular weight excluding hydrogens is 242 g/mol. The molecule has 19 heavy (non-hydrogen) atoms. The van der Waals surface area contributed by atoms with Crippen molar-refractivity contribution in [1.29, 1.82) is 0 Å². The molecule has 4 nitrogen and oxygen atoms in total. The van der Waals surface area contributed by atoms with Crippen molar-refractivity contribution in [2.24, 2.45) is 0 Å². The number of carbonyl (C=O) groups excluding carboxylic acids is 2. The fraction of sp³-hybridized carbons (Fsp3) is 0.333. The minimum Gasteiger partial charge on any atom is -0.447 e. The van der Waals surface area contributed by atoms with Crippen LogP contribution in [0.2, 0.25) is 0 Å². The predicted molar refractivity (Wildman–Crippen MR) is 70.2 cm³/mol. The molecule has 0 bridgehead atoms. The Balaban J connectivity index is 2.05. The van der Waals surface area contributed by atoms with Gasteiger partial charge < -0.3 is 4.74 Å². The van der Waals surface area contributed by atoms with Crippen molar-refractivity contribution in [3.05, 3.63) is 35.9 Å². The summed E-state index contributed by atoms with van der Waals surface area (Å²) in [7, 11) is 0. The number of nitrogens with zero attached hydrogens (tertiary/aromatic N) is 1. The van der Waals surface area contributed by atoms with Crippen LogP contribution in [0.25, 0.3) is 0 Å². The molecule has 1 aliphatic rings. The standard InChI is InChI=1S/C15H15NO3/c1-2-3-9-14(17)16-13(11-19-15(16)18)10-12-7-5-4-6-8-12/h1,4-8,13H,3,9-11H2. The number of hydrogen-bond acceptors (Lipinski definition) is 3. The summed E-state index contributed by atoms with van der Waals surface area (Å²) in [6, 6.07) is 9.48. The van der Waals surface area contributed by atoms with Crippen LogP contribution in [-0.2, 0) is 16.0 Å². The molecule has 0 saturated carbocycles. The van der Waals surface area contributed by atoms with Crippen molar-refractivity contribution in [1.82, 2.24) is 4.90 Å². The van der Waals surface area contributed by atoms with Crippen molar-refractivity contribution in [3.8, 4) is 12.3 Å². The van der Waals surface area contributed by atoms with E-state index >= 15 is 0 Å². The van der Waals surface area contributed by atoms with Gasteiger partial charge in [0.15, 0.2) is 0 Å². The lowest BCUT2D eigenvalue weighted by atomic mass is 10.1. The zero-order valence-electron chi connectivity index (χ0n) is 10.5. The first-order chi connectivity index (χ1) is 9.22. The van der Waals surface area contributed by atoms with Gasteiger partial charge in [0.05, 0.1) is 6.04 Å². The molecule has 0 spiro atoms. The topological polar surface area (TPSA) is 46.6 Å². The fourth-order valence-electron chi connectivity index (χ4n) is 2.10. The van der Waals surface area contributed by atoms with Crippen LogP contribution < -0.4 is 0 Å². The predicted octanol–water partition coefficient (Wildman–Crippen LogP) is 1.99. The summed E-state index contributed by atoms with van der Waals surface area (Å²) in [6.45, 7) is 0.246. The summed E-state index contributed by atoms with van der Waals surface area (Å²) in [5.41, 5.74) is 1.07. The summed E-state index contributed by atoms with van der Waals surface area (Å²) in [6.07, 6.45) is 5.68. The number of hydrogen-bond donors (Lipinski definition) is 0. The third-order valence-corrected chi connectivity index (χ3v) is 3.03. The molecule has 1 atom stereocenters. The Morgan fingerprint density at radius 3 is 2.84 bits per heavy atom. The number of imide groups is 1. The van der Waals surface area contributed by atoms with Crippen LogP contribution in [0.1, 0.15) is 18.4 Å². The molecule has 1 saturated heterocycles. The normalized spacial score (nSPS) is 17.9. The van der Waals surface area contributed by atoms with Gasteiger partial charge in [0.2, 0.25) is 5.91 Å². The van der Waals surface area contributed by atoms with E-state index in [0.717, 1.165) is 5.56 Å². The number of amides is 2. The highest BCUT2D eigenvalue weighted by Gasteiger charge is 2.37. The average Bonchev–Trinajstić information content (AvgIpc) is 2.78. The molecule has 1 unspecified atom stereocenters. The molecule has 1 aromatic rings. The molecule has 2 amide bonds. The van der Waals surface area contributed by atoms with E-state index in [1.807, 2.05) is 30.3 Å². The Kier molecular flexibility index (Phi) is 4.19. The maximum atomic E-state index is 11.9. The minimum absolute atomic E-state index is 0.177. The van der Waals surface area contributed by atoms with Gasteiger partial charge in [-0.2, -0.15) is 0 Å². The van der Waals surface area contributed by atoms with Gasteiger partial charge in [0.1, 0.15) is 6.61 Å². The zero-order chi connectivity index (χ0) is 13.7. The van der Waals surface area contributed by atoms with Gasteiger partial charge in [-0.15, -0.1) is 12.3 Å². The SMILES string of the molecule is C#CCCC(=O)N1C(=O)OCC1Cc1ccccc1. The van der Waals surface area contributed by atoms with Crippen molar-refractivity contribution < 1.29 is 14.3 Å². The molecule has 0 N–H and O–H groups in total. The first kappa shape index (κ1) is 13.2. The third-order valence-electron chi connectivity index (χ3n) is 3.03. The molecule has 0 aliphatic carbocycles. The maximum Gasteiger partial charge on any atom is 0.416 e. The minimum atomic E-state index is -0.567. The van der Waals surface area contributed by atoms with Crippen molar-refractivity contribution in [2.75, 3.05) is 6.61 Å². The van der Waals surface area contributed by atoms with Gasteiger partial charge in [-0.25, -0.2) is 9.69 Å². The number of rotatable bonds is 4. The van der Waals surface area contributed by atoms with Gasteiger partial charge in [0.25, 0.3) is 0 Å². The number of cyclic esters (lactones) is 1. The Bertz CT molecular complexity index is 504. The summed E-state index contributed by atoms with van der Waals surface area (Å²) in [4.78, 5) is 24.8. The van der Waals surface area contributed by atoms with Gasteiger partial charge in [-0.05, 0) is 12.0 Å². The van der Waals surface area contributed by atoms with E-state index in [9.17, 15) is 9.59 Å². The second kappa shape index (κ2) is 6.05. The van der Waals surface area contributed by atoms with Crippen molar-refractivity contribution >= 4 is 12.0 Å². The summed E-state index contributed by atoms with van der Waals surface area (Å²) < 4.78 is 4.97. The van der Waals surface area contributed by atoms with Crippen molar-refractivity contribution in [2.45, 2.75) is 25.3 Å². The molecule has 4 heteroatoms. The van der Waals surface area contributed by atoms with Crippen molar-refractivity contribution in [3.63, 3.8) is 0 Å². The Morgan fingerprint density at radius 2 is 2.16 bits per heavy atom. The van der Waals surface area contributed by atoms with E-state index in [1.165, 1.54) is 4.90 Å². The molecule has 1 heterocycles. The summed E-state index contributed by atoms with van der Waals surface area (Å²) in [5, 5.41) is 0. The average molecular weight is 257 g/mol. The molecule has 0 radical (unpaired) electrons. The molecule has 1 aliphatic heterocycles. The lowest BCUT2D eigenvalue weighted by molar-refractivity contribution is -0.129. The van der Waals surface area contributed by atoms with Crippen LogP contribution in [-0.4, -0.2) is 29.5 Å². The van der Waals surface area contributed by atoms with E-state index < -0.39 is 6.09 Å². The Morgan fingerprint density at radius 1 is 1.42 bits per heavy atom. The highest BCUT2D eigenvalue weighted by atomic mass is 16.6. The maximum absolute atomic E-state index is 11.9.